The Bertz CT molecular complexity index is 530. The van der Waals surface area contributed by atoms with Crippen LogP contribution in [-0.4, -0.2) is 10.9 Å². The first-order valence-corrected chi connectivity index (χ1v) is 5.54. The van der Waals surface area contributed by atoms with Gasteiger partial charge in [0.15, 0.2) is 0 Å². The normalized spacial score (nSPS) is 10.2. The maximum absolute atomic E-state index is 11.2. The summed E-state index contributed by atoms with van der Waals surface area (Å²) in [6, 6.07) is 14.9. The maximum Gasteiger partial charge on any atom is 0.134 e. The first-order chi connectivity index (χ1) is 8.18. The van der Waals surface area contributed by atoms with Crippen molar-refractivity contribution in [3.05, 3.63) is 54.1 Å². The molecule has 0 aliphatic heterocycles. The number of rotatable bonds is 3. The molecule has 1 N–H and O–H groups in total. The lowest BCUT2D eigenvalue weighted by Gasteiger charge is -2.10. The van der Waals surface area contributed by atoms with Crippen LogP contribution in [0.1, 0.15) is 12.5 Å². The number of carbonyl (C=O) groups excluding carboxylic acids is 1. The topological polar surface area (TPSA) is 37.3 Å². The second-order valence-electron chi connectivity index (χ2n) is 4.06. The van der Waals surface area contributed by atoms with Gasteiger partial charge in [0, 0.05) is 12.0 Å². The zero-order chi connectivity index (χ0) is 12.3. The zero-order valence-electron chi connectivity index (χ0n) is 9.68. The van der Waals surface area contributed by atoms with Crippen LogP contribution in [0.2, 0.25) is 0 Å². The van der Waals surface area contributed by atoms with Crippen molar-refractivity contribution in [2.45, 2.75) is 13.3 Å². The van der Waals surface area contributed by atoms with E-state index in [0.29, 0.717) is 6.42 Å². The van der Waals surface area contributed by atoms with Crippen molar-refractivity contribution in [2.24, 2.45) is 0 Å². The highest BCUT2D eigenvalue weighted by atomic mass is 16.3. The van der Waals surface area contributed by atoms with Gasteiger partial charge in [0.05, 0.1) is 0 Å². The Morgan fingerprint density at radius 3 is 2.41 bits per heavy atom. The summed E-state index contributed by atoms with van der Waals surface area (Å²) in [4.78, 5) is 11.2. The molecule has 0 aromatic heterocycles. The molecule has 0 heterocycles. The van der Waals surface area contributed by atoms with Crippen molar-refractivity contribution >= 4 is 5.78 Å². The Labute approximate surface area is 101 Å². The van der Waals surface area contributed by atoms with Gasteiger partial charge >= 0.3 is 0 Å². The summed E-state index contributed by atoms with van der Waals surface area (Å²) in [7, 11) is 0. The molecule has 0 unspecified atom stereocenters. The van der Waals surface area contributed by atoms with Crippen LogP contribution in [0.4, 0.5) is 0 Å². The largest absolute Gasteiger partial charge is 0.507 e. The van der Waals surface area contributed by atoms with Crippen molar-refractivity contribution in [1.82, 2.24) is 0 Å². The third kappa shape index (κ3) is 2.53. The molecule has 17 heavy (non-hydrogen) atoms. The molecule has 0 radical (unpaired) electrons. The van der Waals surface area contributed by atoms with Gasteiger partial charge in [0.2, 0.25) is 0 Å². The molecule has 0 aliphatic rings. The van der Waals surface area contributed by atoms with Crippen LogP contribution >= 0.6 is 0 Å². The van der Waals surface area contributed by atoms with Crippen molar-refractivity contribution in [3.63, 3.8) is 0 Å². The predicted octanol–water partition coefficient (Wildman–Crippen LogP) is 3.19. The lowest BCUT2D eigenvalue weighted by molar-refractivity contribution is -0.116. The summed E-state index contributed by atoms with van der Waals surface area (Å²) in [5, 5.41) is 9.95. The van der Waals surface area contributed by atoms with Gasteiger partial charge in [-0.15, -0.1) is 0 Å². The number of hydrogen-bond acceptors (Lipinski definition) is 2. The van der Waals surface area contributed by atoms with E-state index in [1.165, 1.54) is 0 Å². The van der Waals surface area contributed by atoms with Gasteiger partial charge in [0.25, 0.3) is 0 Å². The Kier molecular flexibility index (Phi) is 3.24. The molecule has 2 aromatic carbocycles. The van der Waals surface area contributed by atoms with E-state index in [1.807, 2.05) is 36.4 Å². The molecule has 0 saturated heterocycles. The molecular formula is C15H14O2. The lowest BCUT2D eigenvalue weighted by atomic mass is 9.96. The highest BCUT2D eigenvalue weighted by Crippen LogP contribution is 2.32. The summed E-state index contributed by atoms with van der Waals surface area (Å²) in [6.07, 6.45) is 0.346. The third-order valence-corrected chi connectivity index (χ3v) is 2.63. The van der Waals surface area contributed by atoms with Crippen molar-refractivity contribution in [2.75, 3.05) is 0 Å². The molecule has 0 saturated carbocycles. The molecule has 2 aromatic rings. The minimum Gasteiger partial charge on any atom is -0.507 e. The van der Waals surface area contributed by atoms with Crippen molar-refractivity contribution in [3.8, 4) is 16.9 Å². The third-order valence-electron chi connectivity index (χ3n) is 2.63. The molecule has 2 rings (SSSR count). The fraction of sp³-hybridized carbons (Fsp3) is 0.133. The minimum absolute atomic E-state index is 0.0905. The number of phenolic OH excluding ortho intramolecular Hbond substituents is 1. The summed E-state index contributed by atoms with van der Waals surface area (Å²) in [5.74, 6) is 0.308. The fourth-order valence-corrected chi connectivity index (χ4v) is 1.94. The standard InChI is InChI=1S/C15H14O2/c1-11(16)10-13-8-5-9-14(17)15(13)12-6-3-2-4-7-12/h2-9,17H,10H2,1H3. The quantitative estimate of drug-likeness (QED) is 0.872. The summed E-state index contributed by atoms with van der Waals surface area (Å²) < 4.78 is 0. The van der Waals surface area contributed by atoms with E-state index in [4.69, 9.17) is 0 Å². The number of Topliss-reactive ketones (excluding diaryl/α,β-unsaturated/α-hetero) is 1. The van der Waals surface area contributed by atoms with Crippen molar-refractivity contribution < 1.29 is 9.90 Å². The van der Waals surface area contributed by atoms with Gasteiger partial charge in [-0.05, 0) is 24.1 Å². The van der Waals surface area contributed by atoms with E-state index in [9.17, 15) is 9.90 Å². The fourth-order valence-electron chi connectivity index (χ4n) is 1.94. The molecule has 0 spiro atoms. The van der Waals surface area contributed by atoms with E-state index in [1.54, 1.807) is 19.1 Å². The molecule has 0 amide bonds. The second kappa shape index (κ2) is 4.83. The summed E-state index contributed by atoms with van der Waals surface area (Å²) >= 11 is 0. The SMILES string of the molecule is CC(=O)Cc1cccc(O)c1-c1ccccc1. The lowest BCUT2D eigenvalue weighted by Crippen LogP contribution is -1.98. The van der Waals surface area contributed by atoms with Crippen molar-refractivity contribution in [1.29, 1.82) is 0 Å². The molecule has 0 fully saturated rings. The number of benzene rings is 2. The van der Waals surface area contributed by atoms with Crippen LogP contribution in [0, 0.1) is 0 Å². The zero-order valence-corrected chi connectivity index (χ0v) is 9.68. The summed E-state index contributed by atoms with van der Waals surface area (Å²) in [5.41, 5.74) is 2.55. The molecule has 0 bridgehead atoms. The Balaban J connectivity index is 2.55. The molecule has 86 valence electrons. The second-order valence-corrected chi connectivity index (χ2v) is 4.06. The molecule has 2 nitrogen and oxygen atoms in total. The Morgan fingerprint density at radius 1 is 1.06 bits per heavy atom. The van der Waals surface area contributed by atoms with E-state index < -0.39 is 0 Å². The highest BCUT2D eigenvalue weighted by molar-refractivity contribution is 5.83. The number of aromatic hydroxyl groups is 1. The average Bonchev–Trinajstić information content (AvgIpc) is 2.29. The van der Waals surface area contributed by atoms with Crippen LogP contribution in [0.15, 0.2) is 48.5 Å². The van der Waals surface area contributed by atoms with Gasteiger partial charge in [-0.1, -0.05) is 42.5 Å². The van der Waals surface area contributed by atoms with Gasteiger partial charge in [-0.3, -0.25) is 4.79 Å². The minimum atomic E-state index is 0.0905. The Morgan fingerprint density at radius 2 is 1.76 bits per heavy atom. The number of hydrogen-bond donors (Lipinski definition) is 1. The van der Waals surface area contributed by atoms with Crippen LogP contribution in [0.3, 0.4) is 0 Å². The van der Waals surface area contributed by atoms with Gasteiger partial charge in [0.1, 0.15) is 11.5 Å². The monoisotopic (exact) mass is 226 g/mol. The number of carbonyl (C=O) groups is 1. The van der Waals surface area contributed by atoms with Crippen LogP contribution < -0.4 is 0 Å². The van der Waals surface area contributed by atoms with Crippen LogP contribution in [0.5, 0.6) is 5.75 Å². The molecular weight excluding hydrogens is 212 g/mol. The van der Waals surface area contributed by atoms with Crippen LogP contribution in [-0.2, 0) is 11.2 Å². The maximum atomic E-state index is 11.2. The predicted molar refractivity (Wildman–Crippen MR) is 67.9 cm³/mol. The van der Waals surface area contributed by atoms with E-state index in [2.05, 4.69) is 0 Å². The van der Waals surface area contributed by atoms with Crippen LogP contribution in [0.25, 0.3) is 11.1 Å². The molecule has 2 heteroatoms. The summed E-state index contributed by atoms with van der Waals surface area (Å²) in [6.45, 7) is 1.55. The first-order valence-electron chi connectivity index (χ1n) is 5.54. The van der Waals surface area contributed by atoms with E-state index in [0.717, 1.165) is 16.7 Å². The Hall–Kier alpha value is -2.09. The smallest absolute Gasteiger partial charge is 0.134 e. The first kappa shape index (κ1) is 11.4. The van der Waals surface area contributed by atoms with E-state index in [-0.39, 0.29) is 11.5 Å². The number of ketones is 1. The van der Waals surface area contributed by atoms with Gasteiger partial charge < -0.3 is 5.11 Å². The average molecular weight is 226 g/mol. The highest BCUT2D eigenvalue weighted by Gasteiger charge is 2.10. The van der Waals surface area contributed by atoms with Gasteiger partial charge in [-0.25, -0.2) is 0 Å². The van der Waals surface area contributed by atoms with Gasteiger partial charge in [-0.2, -0.15) is 0 Å². The van der Waals surface area contributed by atoms with E-state index >= 15 is 0 Å². The molecule has 0 aliphatic carbocycles. The number of phenols is 1. The molecule has 0 atom stereocenters.